The minimum Gasteiger partial charge on any atom is -0.508 e. The largest absolute Gasteiger partial charge is 0.508 e. The second-order valence-corrected chi connectivity index (χ2v) is 5.64. The van der Waals surface area contributed by atoms with Crippen LogP contribution in [0.15, 0.2) is 65.4 Å². The van der Waals surface area contributed by atoms with Gasteiger partial charge >= 0.3 is 0 Å². The number of aromatic nitrogens is 1. The van der Waals surface area contributed by atoms with Crippen molar-refractivity contribution in [3.63, 3.8) is 0 Å². The maximum absolute atomic E-state index is 12.7. The lowest BCUT2D eigenvalue weighted by molar-refractivity contribution is 0.0737. The molecule has 1 amide bonds. The van der Waals surface area contributed by atoms with Crippen LogP contribution < -0.4 is 0 Å². The number of benzene rings is 2. The molecule has 3 aromatic rings. The third-order valence-corrected chi connectivity index (χ3v) is 4.10. The number of nitrogens with zero attached hydrogens (tertiary/aromatic N) is 2. The van der Waals surface area contributed by atoms with E-state index in [1.165, 1.54) is 6.26 Å². The summed E-state index contributed by atoms with van der Waals surface area (Å²) in [7, 11) is 1.74. The van der Waals surface area contributed by atoms with E-state index in [2.05, 4.69) is 5.16 Å². The Hall–Kier alpha value is -3.08. The van der Waals surface area contributed by atoms with Gasteiger partial charge in [0.15, 0.2) is 0 Å². The Balaban J connectivity index is 1.85. The Labute approximate surface area is 140 Å². The van der Waals surface area contributed by atoms with Gasteiger partial charge in [-0.05, 0) is 42.3 Å². The van der Waals surface area contributed by atoms with Gasteiger partial charge in [0.1, 0.15) is 17.7 Å². The molecule has 2 aromatic carbocycles. The maximum Gasteiger partial charge on any atom is 0.254 e. The number of amides is 1. The Morgan fingerprint density at radius 1 is 1.12 bits per heavy atom. The van der Waals surface area contributed by atoms with Crippen LogP contribution in [0.4, 0.5) is 0 Å². The van der Waals surface area contributed by atoms with Crippen LogP contribution in [0.2, 0.25) is 0 Å². The van der Waals surface area contributed by atoms with Crippen LogP contribution in [0.5, 0.6) is 5.75 Å². The summed E-state index contributed by atoms with van der Waals surface area (Å²) in [5, 5.41) is 13.3. The molecule has 1 heterocycles. The number of carbonyl (C=O) groups is 1. The molecular weight excluding hydrogens is 304 g/mol. The molecule has 0 fully saturated rings. The van der Waals surface area contributed by atoms with Gasteiger partial charge in [-0.1, -0.05) is 29.4 Å². The average Bonchev–Trinajstić information content (AvgIpc) is 3.15. The van der Waals surface area contributed by atoms with Crippen LogP contribution in [0, 0.1) is 0 Å². The smallest absolute Gasteiger partial charge is 0.254 e. The van der Waals surface area contributed by atoms with Crippen molar-refractivity contribution in [3.05, 3.63) is 72.1 Å². The zero-order valence-corrected chi connectivity index (χ0v) is 13.5. The van der Waals surface area contributed by atoms with Crippen LogP contribution in [-0.4, -0.2) is 28.1 Å². The van der Waals surface area contributed by atoms with E-state index in [4.69, 9.17) is 4.52 Å². The summed E-state index contributed by atoms with van der Waals surface area (Å²) in [6, 6.07) is 15.9. The maximum atomic E-state index is 12.7. The number of carbonyl (C=O) groups excluding carboxylic acids is 1. The summed E-state index contributed by atoms with van der Waals surface area (Å²) in [6.07, 6.45) is 1.50. The van der Waals surface area contributed by atoms with E-state index in [0.29, 0.717) is 11.3 Å². The Morgan fingerprint density at radius 3 is 2.54 bits per heavy atom. The summed E-state index contributed by atoms with van der Waals surface area (Å²) in [5.74, 6) is 0.123. The van der Waals surface area contributed by atoms with Gasteiger partial charge in [0, 0.05) is 18.7 Å². The van der Waals surface area contributed by atoms with Gasteiger partial charge in [-0.2, -0.15) is 0 Å². The van der Waals surface area contributed by atoms with Crippen molar-refractivity contribution in [2.75, 3.05) is 7.05 Å². The van der Waals surface area contributed by atoms with Crippen LogP contribution in [-0.2, 0) is 0 Å². The monoisotopic (exact) mass is 322 g/mol. The van der Waals surface area contributed by atoms with E-state index >= 15 is 0 Å². The molecule has 0 unspecified atom stereocenters. The molecule has 0 radical (unpaired) electrons. The van der Waals surface area contributed by atoms with E-state index in [9.17, 15) is 9.90 Å². The van der Waals surface area contributed by atoms with E-state index in [1.54, 1.807) is 36.2 Å². The highest BCUT2D eigenvalue weighted by molar-refractivity contribution is 5.95. The van der Waals surface area contributed by atoms with Crippen molar-refractivity contribution < 1.29 is 14.4 Å². The topological polar surface area (TPSA) is 66.6 Å². The molecule has 1 N–H and O–H groups in total. The fourth-order valence-electron chi connectivity index (χ4n) is 2.50. The predicted molar refractivity (Wildman–Crippen MR) is 90.6 cm³/mol. The molecule has 122 valence electrons. The van der Waals surface area contributed by atoms with Crippen LogP contribution in [0.25, 0.3) is 11.1 Å². The van der Waals surface area contributed by atoms with E-state index in [-0.39, 0.29) is 17.7 Å². The van der Waals surface area contributed by atoms with Gasteiger partial charge in [0.25, 0.3) is 5.91 Å². The molecule has 5 heteroatoms. The Morgan fingerprint density at radius 2 is 1.88 bits per heavy atom. The highest BCUT2D eigenvalue weighted by Crippen LogP contribution is 2.24. The molecule has 0 saturated carbocycles. The highest BCUT2D eigenvalue weighted by atomic mass is 16.5. The van der Waals surface area contributed by atoms with Gasteiger partial charge in [0.05, 0.1) is 6.04 Å². The lowest BCUT2D eigenvalue weighted by Gasteiger charge is -2.23. The first-order valence-electron chi connectivity index (χ1n) is 7.63. The lowest BCUT2D eigenvalue weighted by Crippen LogP contribution is -2.29. The van der Waals surface area contributed by atoms with Crippen molar-refractivity contribution in [2.24, 2.45) is 0 Å². The number of rotatable bonds is 4. The van der Waals surface area contributed by atoms with Crippen molar-refractivity contribution in [1.82, 2.24) is 10.1 Å². The number of phenolic OH excluding ortho intramolecular Hbond substituents is 1. The second kappa shape index (κ2) is 6.58. The number of hydrogen-bond acceptors (Lipinski definition) is 4. The molecule has 24 heavy (non-hydrogen) atoms. The van der Waals surface area contributed by atoms with Crippen molar-refractivity contribution in [1.29, 1.82) is 0 Å². The second-order valence-electron chi connectivity index (χ2n) is 5.64. The Bertz CT molecular complexity index is 826. The first-order valence-corrected chi connectivity index (χ1v) is 7.63. The molecule has 5 nitrogen and oxygen atoms in total. The third-order valence-electron chi connectivity index (χ3n) is 4.10. The van der Waals surface area contributed by atoms with Gasteiger partial charge in [-0.3, -0.25) is 4.79 Å². The number of aromatic hydroxyl groups is 1. The molecule has 0 aliphatic rings. The van der Waals surface area contributed by atoms with Crippen LogP contribution >= 0.6 is 0 Å². The van der Waals surface area contributed by atoms with E-state index < -0.39 is 0 Å². The van der Waals surface area contributed by atoms with Gasteiger partial charge < -0.3 is 14.5 Å². The normalized spacial score (nSPS) is 11.9. The summed E-state index contributed by atoms with van der Waals surface area (Å²) in [6.45, 7) is 1.90. The average molecular weight is 322 g/mol. The van der Waals surface area contributed by atoms with Gasteiger partial charge in [-0.15, -0.1) is 0 Å². The zero-order chi connectivity index (χ0) is 17.1. The van der Waals surface area contributed by atoms with Crippen molar-refractivity contribution in [3.8, 4) is 16.9 Å². The first-order chi connectivity index (χ1) is 11.6. The predicted octanol–water partition coefficient (Wildman–Crippen LogP) is 3.88. The van der Waals surface area contributed by atoms with Crippen LogP contribution in [0.3, 0.4) is 0 Å². The standard InChI is InChI=1S/C19H18N2O3/c1-13(18-10-11-24-20-18)21(2)19(23)16-5-3-4-15(12-16)14-6-8-17(22)9-7-14/h3-13,22H,1-2H3/t13-/m0/s1. The number of phenols is 1. The lowest BCUT2D eigenvalue weighted by atomic mass is 10.0. The first kappa shape index (κ1) is 15.8. The molecule has 0 spiro atoms. The molecule has 3 rings (SSSR count). The zero-order valence-electron chi connectivity index (χ0n) is 13.5. The SMILES string of the molecule is C[C@@H](c1ccon1)N(C)C(=O)c1cccc(-c2ccc(O)cc2)c1. The van der Waals surface area contributed by atoms with Crippen molar-refractivity contribution >= 4 is 5.91 Å². The van der Waals surface area contributed by atoms with E-state index in [1.807, 2.05) is 37.3 Å². The minimum atomic E-state index is -0.187. The minimum absolute atomic E-state index is 0.0915. The summed E-state index contributed by atoms with van der Waals surface area (Å²) < 4.78 is 4.85. The van der Waals surface area contributed by atoms with Crippen molar-refractivity contribution in [2.45, 2.75) is 13.0 Å². The molecule has 0 bridgehead atoms. The van der Waals surface area contributed by atoms with E-state index in [0.717, 1.165) is 11.1 Å². The summed E-state index contributed by atoms with van der Waals surface area (Å²) in [5.41, 5.74) is 3.16. The summed E-state index contributed by atoms with van der Waals surface area (Å²) in [4.78, 5) is 14.4. The molecule has 0 saturated heterocycles. The van der Waals surface area contributed by atoms with Crippen LogP contribution in [0.1, 0.15) is 29.0 Å². The fraction of sp³-hybridized carbons (Fsp3) is 0.158. The molecular formula is C19H18N2O3. The highest BCUT2D eigenvalue weighted by Gasteiger charge is 2.21. The molecule has 0 aliphatic heterocycles. The molecule has 1 atom stereocenters. The summed E-state index contributed by atoms with van der Waals surface area (Å²) >= 11 is 0. The van der Waals surface area contributed by atoms with Gasteiger partial charge in [-0.25, -0.2) is 0 Å². The quantitative estimate of drug-likeness (QED) is 0.791. The molecule has 0 aliphatic carbocycles. The third kappa shape index (κ3) is 3.15. The number of hydrogen-bond donors (Lipinski definition) is 1. The Kier molecular flexibility index (Phi) is 4.33. The molecule has 1 aromatic heterocycles. The van der Waals surface area contributed by atoms with Gasteiger partial charge in [0.2, 0.25) is 0 Å². The fourth-order valence-corrected chi connectivity index (χ4v) is 2.50.